The van der Waals surface area contributed by atoms with E-state index in [0.29, 0.717) is 0 Å². The van der Waals surface area contributed by atoms with Crippen LogP contribution in [0.4, 0.5) is 10.1 Å². The monoisotopic (exact) mass is 367 g/mol. The quantitative estimate of drug-likeness (QED) is 0.615. The third-order valence-electron chi connectivity index (χ3n) is 2.94. The molecule has 0 bridgehead atoms. The Balaban J connectivity index is 1.81. The molecule has 7 heteroatoms. The van der Waals surface area contributed by atoms with E-state index in [4.69, 9.17) is 16.3 Å². The fourth-order valence-electron chi connectivity index (χ4n) is 1.78. The van der Waals surface area contributed by atoms with Gasteiger partial charge in [0.15, 0.2) is 6.61 Å². The van der Waals surface area contributed by atoms with Crippen LogP contribution in [0.2, 0.25) is 5.02 Å². The second-order valence-electron chi connectivity index (χ2n) is 4.85. The molecule has 0 spiro atoms. The molecule has 0 saturated heterocycles. The number of anilines is 1. The normalized spacial score (nSPS) is 11.6. The Morgan fingerprint density at radius 1 is 1.25 bits per heavy atom. The van der Waals surface area contributed by atoms with Crippen LogP contribution < -0.4 is 5.32 Å². The van der Waals surface area contributed by atoms with Crippen LogP contribution >= 0.6 is 23.4 Å². The lowest BCUT2D eigenvalue weighted by molar-refractivity contribution is -0.146. The maximum Gasteiger partial charge on any atom is 0.319 e. The van der Waals surface area contributed by atoms with Gasteiger partial charge in [-0.05, 0) is 37.3 Å². The fourth-order valence-corrected chi connectivity index (χ4v) is 2.83. The first kappa shape index (κ1) is 18.3. The average Bonchev–Trinajstić information content (AvgIpc) is 2.56. The van der Waals surface area contributed by atoms with Gasteiger partial charge in [0.05, 0.1) is 5.69 Å². The highest BCUT2D eigenvalue weighted by Gasteiger charge is 2.17. The summed E-state index contributed by atoms with van der Waals surface area (Å²) in [6.07, 6.45) is 0. The van der Waals surface area contributed by atoms with Gasteiger partial charge >= 0.3 is 5.97 Å². The predicted octanol–water partition coefficient (Wildman–Crippen LogP) is 4.14. The molecule has 0 aliphatic rings. The van der Waals surface area contributed by atoms with Gasteiger partial charge in [-0.15, -0.1) is 11.8 Å². The number of carbonyl (C=O) groups excluding carboxylic acids is 2. The number of carbonyl (C=O) groups is 2. The van der Waals surface area contributed by atoms with E-state index in [1.165, 1.54) is 23.9 Å². The maximum absolute atomic E-state index is 13.6. The van der Waals surface area contributed by atoms with Crippen LogP contribution in [0.15, 0.2) is 53.4 Å². The minimum atomic E-state index is -0.657. The zero-order chi connectivity index (χ0) is 17.5. The van der Waals surface area contributed by atoms with Crippen molar-refractivity contribution in [3.63, 3.8) is 0 Å². The first-order valence-electron chi connectivity index (χ1n) is 7.09. The Morgan fingerprint density at radius 2 is 1.96 bits per heavy atom. The second kappa shape index (κ2) is 8.70. The molecule has 0 heterocycles. The number of rotatable bonds is 6. The van der Waals surface area contributed by atoms with E-state index in [1.807, 2.05) is 30.3 Å². The first-order chi connectivity index (χ1) is 11.5. The maximum atomic E-state index is 13.6. The average molecular weight is 368 g/mol. The highest BCUT2D eigenvalue weighted by molar-refractivity contribution is 8.00. The summed E-state index contributed by atoms with van der Waals surface area (Å²) in [4.78, 5) is 24.6. The minimum Gasteiger partial charge on any atom is -0.455 e. The molecule has 2 rings (SSSR count). The molecule has 4 nitrogen and oxygen atoms in total. The molecule has 1 atom stereocenters. The molecule has 1 N–H and O–H groups in total. The van der Waals surface area contributed by atoms with Crippen molar-refractivity contribution in [3.05, 3.63) is 59.4 Å². The molecule has 0 unspecified atom stereocenters. The van der Waals surface area contributed by atoms with Crippen LogP contribution in [0.25, 0.3) is 0 Å². The molecule has 0 aliphatic carbocycles. The molecular formula is C17H15ClFNO3S. The summed E-state index contributed by atoms with van der Waals surface area (Å²) >= 11 is 6.96. The summed E-state index contributed by atoms with van der Waals surface area (Å²) in [6.45, 7) is 1.21. The van der Waals surface area contributed by atoms with Gasteiger partial charge in [0.1, 0.15) is 11.1 Å². The van der Waals surface area contributed by atoms with Crippen LogP contribution in [0, 0.1) is 5.82 Å². The lowest BCUT2D eigenvalue weighted by Crippen LogP contribution is -2.25. The lowest BCUT2D eigenvalue weighted by atomic mass is 10.3. The van der Waals surface area contributed by atoms with E-state index in [-0.39, 0.29) is 10.7 Å². The Hall–Kier alpha value is -2.05. The summed E-state index contributed by atoms with van der Waals surface area (Å²) in [5.41, 5.74) is -0.0211. The Morgan fingerprint density at radius 3 is 2.62 bits per heavy atom. The molecule has 0 radical (unpaired) electrons. The number of hydrogen-bond donors (Lipinski definition) is 1. The van der Waals surface area contributed by atoms with Gasteiger partial charge < -0.3 is 10.1 Å². The Labute approximate surface area is 148 Å². The summed E-state index contributed by atoms with van der Waals surface area (Å²) in [6, 6.07) is 13.3. The van der Waals surface area contributed by atoms with Crippen LogP contribution in [-0.4, -0.2) is 23.7 Å². The molecule has 0 aliphatic heterocycles. The topological polar surface area (TPSA) is 55.4 Å². The predicted molar refractivity (Wildman–Crippen MR) is 92.8 cm³/mol. The number of esters is 1. The van der Waals surface area contributed by atoms with Crippen molar-refractivity contribution in [2.45, 2.75) is 17.1 Å². The molecule has 24 heavy (non-hydrogen) atoms. The van der Waals surface area contributed by atoms with Gasteiger partial charge in [-0.2, -0.15) is 0 Å². The van der Waals surface area contributed by atoms with Crippen molar-refractivity contribution in [3.8, 4) is 0 Å². The van der Waals surface area contributed by atoms with Crippen molar-refractivity contribution >= 4 is 40.9 Å². The van der Waals surface area contributed by atoms with Gasteiger partial charge in [-0.1, -0.05) is 29.8 Å². The minimum absolute atomic E-state index is 0.0211. The Bertz CT molecular complexity index is 727. The number of nitrogens with one attached hydrogen (secondary N) is 1. The number of ether oxygens (including phenoxy) is 1. The van der Waals surface area contributed by atoms with Crippen LogP contribution in [0.3, 0.4) is 0 Å². The number of thioether (sulfide) groups is 1. The lowest BCUT2D eigenvalue weighted by Gasteiger charge is -2.11. The summed E-state index contributed by atoms with van der Waals surface area (Å²) in [7, 11) is 0. The third-order valence-corrected chi connectivity index (χ3v) is 4.26. The van der Waals surface area contributed by atoms with Gasteiger partial charge in [0.2, 0.25) is 0 Å². The summed E-state index contributed by atoms with van der Waals surface area (Å²) in [5.74, 6) is -1.80. The van der Waals surface area contributed by atoms with E-state index >= 15 is 0 Å². The highest BCUT2D eigenvalue weighted by atomic mass is 35.5. The van der Waals surface area contributed by atoms with Crippen molar-refractivity contribution < 1.29 is 18.7 Å². The molecule has 0 saturated carbocycles. The summed E-state index contributed by atoms with van der Waals surface area (Å²) < 4.78 is 18.5. The molecule has 2 aromatic rings. The van der Waals surface area contributed by atoms with E-state index in [2.05, 4.69) is 5.32 Å². The highest BCUT2D eigenvalue weighted by Crippen LogP contribution is 2.23. The van der Waals surface area contributed by atoms with E-state index in [0.717, 1.165) is 11.0 Å². The van der Waals surface area contributed by atoms with Gasteiger partial charge in [0.25, 0.3) is 5.91 Å². The van der Waals surface area contributed by atoms with E-state index in [1.54, 1.807) is 6.92 Å². The van der Waals surface area contributed by atoms with Gasteiger partial charge in [0, 0.05) is 9.92 Å². The standard InChI is InChI=1S/C17H15ClFNO3S/c1-11(24-13-5-3-2-4-6-13)17(22)23-10-16(21)20-15-8-7-12(18)9-14(15)19/h2-9,11H,10H2,1H3,(H,20,21)/t11-/m0/s1. The molecular weight excluding hydrogens is 353 g/mol. The number of benzene rings is 2. The largest absolute Gasteiger partial charge is 0.455 e. The fraction of sp³-hybridized carbons (Fsp3) is 0.176. The zero-order valence-electron chi connectivity index (χ0n) is 12.8. The molecule has 2 aromatic carbocycles. The molecule has 0 fully saturated rings. The van der Waals surface area contributed by atoms with Gasteiger partial charge in [-0.25, -0.2) is 4.39 Å². The van der Waals surface area contributed by atoms with E-state index in [9.17, 15) is 14.0 Å². The van der Waals surface area contributed by atoms with Crippen LogP contribution in [0.1, 0.15) is 6.92 Å². The van der Waals surface area contributed by atoms with Crippen molar-refractivity contribution in [1.82, 2.24) is 0 Å². The zero-order valence-corrected chi connectivity index (χ0v) is 14.4. The van der Waals surface area contributed by atoms with Crippen molar-refractivity contribution in [2.24, 2.45) is 0 Å². The molecule has 0 aromatic heterocycles. The number of halogens is 2. The molecule has 126 valence electrons. The van der Waals surface area contributed by atoms with Crippen LogP contribution in [0.5, 0.6) is 0 Å². The van der Waals surface area contributed by atoms with Crippen molar-refractivity contribution in [1.29, 1.82) is 0 Å². The van der Waals surface area contributed by atoms with Crippen molar-refractivity contribution in [2.75, 3.05) is 11.9 Å². The second-order valence-corrected chi connectivity index (χ2v) is 6.70. The molecule has 1 amide bonds. The Kier molecular flexibility index (Phi) is 6.63. The smallest absolute Gasteiger partial charge is 0.319 e. The SMILES string of the molecule is C[C@H](Sc1ccccc1)C(=O)OCC(=O)Nc1ccc(Cl)cc1F. The van der Waals surface area contributed by atoms with Gasteiger partial charge in [-0.3, -0.25) is 9.59 Å². The summed E-state index contributed by atoms with van der Waals surface area (Å²) in [5, 5.41) is 2.09. The van der Waals surface area contributed by atoms with Crippen LogP contribution in [-0.2, 0) is 14.3 Å². The first-order valence-corrected chi connectivity index (χ1v) is 8.34. The number of amides is 1. The van der Waals surface area contributed by atoms with E-state index < -0.39 is 29.6 Å². The third kappa shape index (κ3) is 5.54. The number of hydrogen-bond acceptors (Lipinski definition) is 4.